The van der Waals surface area contributed by atoms with E-state index in [1.54, 1.807) is 6.07 Å². The van der Waals surface area contributed by atoms with Gasteiger partial charge in [-0.1, -0.05) is 30.3 Å². The number of nitrogen functional groups attached to an aromatic ring is 1. The molecule has 0 amide bonds. The molecule has 0 atom stereocenters. The molecular weight excluding hydrogens is 279 g/mol. The van der Waals surface area contributed by atoms with Gasteiger partial charge >= 0.3 is 6.18 Å². The van der Waals surface area contributed by atoms with Gasteiger partial charge in [0.1, 0.15) is 6.54 Å². The molecule has 0 fully saturated rings. The fourth-order valence-electron chi connectivity index (χ4n) is 2.36. The van der Waals surface area contributed by atoms with Crippen molar-refractivity contribution in [3.8, 4) is 11.1 Å². The molecule has 21 heavy (non-hydrogen) atoms. The maximum Gasteiger partial charge on any atom is 0.408 e. The van der Waals surface area contributed by atoms with Crippen LogP contribution in [0.15, 0.2) is 48.8 Å². The molecule has 0 aliphatic heterocycles. The van der Waals surface area contributed by atoms with Gasteiger partial charge in [-0.3, -0.25) is 4.68 Å². The average Bonchev–Trinajstić information content (AvgIpc) is 2.85. The predicted molar refractivity (Wildman–Crippen MR) is 75.6 cm³/mol. The quantitative estimate of drug-likeness (QED) is 0.729. The van der Waals surface area contributed by atoms with E-state index in [4.69, 9.17) is 5.73 Å². The summed E-state index contributed by atoms with van der Waals surface area (Å²) in [5.74, 6) is 0. The Morgan fingerprint density at radius 3 is 2.52 bits per heavy atom. The zero-order valence-corrected chi connectivity index (χ0v) is 10.9. The molecule has 0 unspecified atom stereocenters. The Balaban J connectivity index is 2.07. The van der Waals surface area contributed by atoms with Gasteiger partial charge in [0.05, 0.1) is 6.20 Å². The van der Waals surface area contributed by atoms with E-state index in [0.717, 1.165) is 21.0 Å². The highest BCUT2D eigenvalue weighted by Crippen LogP contribution is 2.31. The molecule has 0 radical (unpaired) electrons. The highest BCUT2D eigenvalue weighted by atomic mass is 19.4. The lowest BCUT2D eigenvalue weighted by molar-refractivity contribution is -0.142. The molecule has 108 valence electrons. The Labute approximate surface area is 118 Å². The van der Waals surface area contributed by atoms with Gasteiger partial charge in [-0.05, 0) is 17.0 Å². The van der Waals surface area contributed by atoms with Crippen LogP contribution in [0, 0.1) is 0 Å². The molecule has 6 heteroatoms. The van der Waals surface area contributed by atoms with E-state index < -0.39 is 12.7 Å². The second kappa shape index (κ2) is 4.80. The summed E-state index contributed by atoms with van der Waals surface area (Å²) < 4.78 is 38.0. The molecule has 0 bridgehead atoms. The van der Waals surface area contributed by atoms with Gasteiger partial charge in [-0.25, -0.2) is 0 Å². The van der Waals surface area contributed by atoms with Crippen LogP contribution in [0.25, 0.3) is 21.9 Å². The molecule has 2 aromatic carbocycles. The zero-order chi connectivity index (χ0) is 15.0. The minimum atomic E-state index is -4.29. The largest absolute Gasteiger partial charge is 0.408 e. The summed E-state index contributed by atoms with van der Waals surface area (Å²) in [5.41, 5.74) is 8.01. The van der Waals surface area contributed by atoms with Crippen LogP contribution in [-0.2, 0) is 6.54 Å². The van der Waals surface area contributed by atoms with E-state index in [1.165, 1.54) is 12.4 Å². The van der Waals surface area contributed by atoms with Crippen LogP contribution in [0.3, 0.4) is 0 Å². The van der Waals surface area contributed by atoms with Gasteiger partial charge in [0, 0.05) is 22.8 Å². The van der Waals surface area contributed by atoms with E-state index in [2.05, 4.69) is 5.10 Å². The first kappa shape index (κ1) is 13.5. The van der Waals surface area contributed by atoms with Gasteiger partial charge in [0.15, 0.2) is 0 Å². The molecule has 0 spiro atoms. The topological polar surface area (TPSA) is 43.8 Å². The van der Waals surface area contributed by atoms with Crippen molar-refractivity contribution >= 4 is 16.5 Å². The minimum Gasteiger partial charge on any atom is -0.398 e. The van der Waals surface area contributed by atoms with Crippen molar-refractivity contribution in [3.05, 3.63) is 48.8 Å². The van der Waals surface area contributed by atoms with Crippen LogP contribution >= 0.6 is 0 Å². The number of nitrogens with two attached hydrogens (primary N) is 1. The fourth-order valence-corrected chi connectivity index (χ4v) is 2.36. The van der Waals surface area contributed by atoms with Crippen LogP contribution in [0.4, 0.5) is 18.9 Å². The Bertz CT molecular complexity index is 790. The fraction of sp³-hybridized carbons (Fsp3) is 0.133. The lowest BCUT2D eigenvalue weighted by Gasteiger charge is -2.07. The normalized spacial score (nSPS) is 12.0. The summed E-state index contributed by atoms with van der Waals surface area (Å²) in [7, 11) is 0. The van der Waals surface area contributed by atoms with Crippen molar-refractivity contribution in [2.75, 3.05) is 5.73 Å². The molecule has 1 aromatic heterocycles. The Kier molecular flexibility index (Phi) is 3.08. The predicted octanol–water partition coefficient (Wildman–Crippen LogP) is 3.85. The third-order valence-corrected chi connectivity index (χ3v) is 3.24. The first-order valence-corrected chi connectivity index (χ1v) is 6.31. The van der Waals surface area contributed by atoms with Gasteiger partial charge in [0.2, 0.25) is 0 Å². The third-order valence-electron chi connectivity index (χ3n) is 3.24. The van der Waals surface area contributed by atoms with E-state index in [9.17, 15) is 13.2 Å². The van der Waals surface area contributed by atoms with Gasteiger partial charge in [0.25, 0.3) is 0 Å². The van der Waals surface area contributed by atoms with Crippen molar-refractivity contribution < 1.29 is 13.2 Å². The van der Waals surface area contributed by atoms with Gasteiger partial charge in [-0.2, -0.15) is 18.3 Å². The highest BCUT2D eigenvalue weighted by molar-refractivity contribution is 6.02. The lowest BCUT2D eigenvalue weighted by Crippen LogP contribution is -2.17. The Morgan fingerprint density at radius 2 is 1.76 bits per heavy atom. The first-order chi connectivity index (χ1) is 9.94. The van der Waals surface area contributed by atoms with Crippen LogP contribution in [0.2, 0.25) is 0 Å². The summed E-state index contributed by atoms with van der Waals surface area (Å²) in [4.78, 5) is 0. The molecule has 3 nitrogen and oxygen atoms in total. The molecule has 0 aliphatic rings. The number of aromatic nitrogens is 2. The first-order valence-electron chi connectivity index (χ1n) is 6.31. The number of hydrogen-bond donors (Lipinski definition) is 1. The van der Waals surface area contributed by atoms with Crippen molar-refractivity contribution in [1.82, 2.24) is 9.78 Å². The highest BCUT2D eigenvalue weighted by Gasteiger charge is 2.28. The average molecular weight is 291 g/mol. The second-order valence-corrected chi connectivity index (χ2v) is 4.79. The molecule has 0 saturated carbocycles. The van der Waals surface area contributed by atoms with E-state index in [-0.39, 0.29) is 0 Å². The number of hydrogen-bond acceptors (Lipinski definition) is 2. The number of nitrogens with zero attached hydrogens (tertiary/aromatic N) is 2. The van der Waals surface area contributed by atoms with Crippen LogP contribution in [-0.4, -0.2) is 16.0 Å². The molecule has 2 N–H and O–H groups in total. The Hall–Kier alpha value is -2.50. The number of anilines is 1. The standard InChI is InChI=1S/C15H12F3N3/c16-15(17,18)9-21-8-10(7-20-21)11-3-1-5-13-12(11)4-2-6-14(13)19/h1-8H,9,19H2. The molecule has 0 saturated heterocycles. The third kappa shape index (κ3) is 2.69. The maximum absolute atomic E-state index is 12.4. The monoisotopic (exact) mass is 291 g/mol. The lowest BCUT2D eigenvalue weighted by atomic mass is 10.00. The second-order valence-electron chi connectivity index (χ2n) is 4.79. The number of halogens is 3. The summed E-state index contributed by atoms with van der Waals surface area (Å²) in [6.07, 6.45) is -1.46. The molecule has 3 aromatic rings. The van der Waals surface area contributed by atoms with Crippen LogP contribution in [0.5, 0.6) is 0 Å². The summed E-state index contributed by atoms with van der Waals surface area (Å²) in [5, 5.41) is 5.54. The minimum absolute atomic E-state index is 0.635. The molecular formula is C15H12F3N3. The molecule has 0 aliphatic carbocycles. The summed E-state index contributed by atoms with van der Waals surface area (Å²) in [6.45, 7) is -1.10. The number of benzene rings is 2. The van der Waals surface area contributed by atoms with Crippen molar-refractivity contribution in [1.29, 1.82) is 0 Å². The van der Waals surface area contributed by atoms with Crippen LogP contribution < -0.4 is 5.73 Å². The van der Waals surface area contributed by atoms with Crippen LogP contribution in [0.1, 0.15) is 0 Å². The van der Waals surface area contributed by atoms with Crippen molar-refractivity contribution in [2.45, 2.75) is 12.7 Å². The van der Waals surface area contributed by atoms with E-state index in [1.807, 2.05) is 30.3 Å². The molecule has 3 rings (SSSR count). The SMILES string of the molecule is Nc1cccc2c(-c3cnn(CC(F)(F)F)c3)cccc12. The molecule has 1 heterocycles. The van der Waals surface area contributed by atoms with Crippen molar-refractivity contribution in [3.63, 3.8) is 0 Å². The maximum atomic E-state index is 12.4. The van der Waals surface area contributed by atoms with Crippen molar-refractivity contribution in [2.24, 2.45) is 0 Å². The number of rotatable bonds is 2. The number of alkyl halides is 3. The van der Waals surface area contributed by atoms with E-state index in [0.29, 0.717) is 11.3 Å². The zero-order valence-electron chi connectivity index (χ0n) is 10.9. The Morgan fingerprint density at radius 1 is 1.05 bits per heavy atom. The summed E-state index contributed by atoms with van der Waals surface area (Å²) in [6, 6.07) is 11.1. The van der Waals surface area contributed by atoms with Gasteiger partial charge < -0.3 is 5.73 Å². The van der Waals surface area contributed by atoms with E-state index >= 15 is 0 Å². The smallest absolute Gasteiger partial charge is 0.398 e. The number of fused-ring (bicyclic) bond motifs is 1. The summed E-state index contributed by atoms with van der Waals surface area (Å²) >= 11 is 0. The van der Waals surface area contributed by atoms with Gasteiger partial charge in [-0.15, -0.1) is 0 Å².